The van der Waals surface area contributed by atoms with E-state index in [-0.39, 0.29) is 17.6 Å². The van der Waals surface area contributed by atoms with E-state index in [1.807, 2.05) is 29.2 Å². The third kappa shape index (κ3) is 3.87. The van der Waals surface area contributed by atoms with Crippen LogP contribution in [0.25, 0.3) is 22.6 Å². The number of hydrogen-bond donors (Lipinski definition) is 1. The summed E-state index contributed by atoms with van der Waals surface area (Å²) < 4.78 is 1.78. The Morgan fingerprint density at radius 1 is 1.03 bits per heavy atom. The second-order valence-electron chi connectivity index (χ2n) is 8.69. The minimum absolute atomic E-state index is 0.0649. The van der Waals surface area contributed by atoms with Crippen molar-refractivity contribution in [3.63, 3.8) is 0 Å². The van der Waals surface area contributed by atoms with E-state index in [0.717, 1.165) is 57.4 Å². The van der Waals surface area contributed by atoms with Crippen LogP contribution in [0.5, 0.6) is 0 Å². The van der Waals surface area contributed by atoms with E-state index >= 15 is 0 Å². The minimum Gasteiger partial charge on any atom is -0.336 e. The van der Waals surface area contributed by atoms with Crippen LogP contribution >= 0.6 is 0 Å². The summed E-state index contributed by atoms with van der Waals surface area (Å²) in [5, 5.41) is 0. The lowest BCUT2D eigenvalue weighted by molar-refractivity contribution is 0.0664. The van der Waals surface area contributed by atoms with Gasteiger partial charge in [-0.15, -0.1) is 0 Å². The fraction of sp³-hybridized carbons (Fsp3) is 0.478. The van der Waals surface area contributed by atoms with Gasteiger partial charge in [0.05, 0.1) is 11.9 Å². The van der Waals surface area contributed by atoms with Gasteiger partial charge in [-0.1, -0.05) is 31.4 Å². The van der Waals surface area contributed by atoms with Crippen LogP contribution in [0.3, 0.4) is 0 Å². The number of aromatic nitrogens is 4. The van der Waals surface area contributed by atoms with Gasteiger partial charge in [0.25, 0.3) is 5.91 Å². The molecule has 1 amide bonds. The van der Waals surface area contributed by atoms with Gasteiger partial charge in [-0.2, -0.15) is 0 Å². The number of rotatable bonds is 3. The largest absolute Gasteiger partial charge is 0.336 e. The van der Waals surface area contributed by atoms with Crippen LogP contribution in [-0.2, 0) is 0 Å². The Kier molecular flexibility index (Phi) is 5.31. The number of amides is 1. The average Bonchev–Trinajstić information content (AvgIpc) is 3.14. The zero-order valence-electron chi connectivity index (χ0n) is 17.9. The van der Waals surface area contributed by atoms with Crippen LogP contribution in [0.1, 0.15) is 48.5 Å². The molecule has 0 unspecified atom stereocenters. The third-order valence-electron chi connectivity index (χ3n) is 6.58. The summed E-state index contributed by atoms with van der Waals surface area (Å²) in [6.45, 7) is 3.31. The van der Waals surface area contributed by atoms with Gasteiger partial charge in [0.15, 0.2) is 11.3 Å². The summed E-state index contributed by atoms with van der Waals surface area (Å²) >= 11 is 0. The molecule has 2 aromatic heterocycles. The summed E-state index contributed by atoms with van der Waals surface area (Å²) in [6.07, 6.45) is 7.27. The molecule has 0 spiro atoms. The minimum atomic E-state index is -0.132. The topological polar surface area (TPSA) is 87.1 Å². The number of carbonyl (C=O) groups is 1. The zero-order valence-corrected chi connectivity index (χ0v) is 17.9. The highest BCUT2D eigenvalue weighted by atomic mass is 16.2. The Bertz CT molecular complexity index is 1140. The molecule has 1 N–H and O–H groups in total. The molecule has 1 aliphatic carbocycles. The molecule has 162 valence electrons. The molecule has 0 atom stereocenters. The summed E-state index contributed by atoms with van der Waals surface area (Å²) in [6, 6.07) is 7.69. The van der Waals surface area contributed by atoms with E-state index in [1.54, 1.807) is 10.8 Å². The molecular weight excluding hydrogens is 392 g/mol. The molecule has 3 heterocycles. The van der Waals surface area contributed by atoms with Crippen molar-refractivity contribution in [1.82, 2.24) is 29.3 Å². The number of hydrogen-bond acceptors (Lipinski definition) is 5. The number of imidazole rings is 1. The maximum Gasteiger partial charge on any atom is 0.329 e. The van der Waals surface area contributed by atoms with E-state index in [0.29, 0.717) is 22.6 Å². The molecule has 1 saturated carbocycles. The van der Waals surface area contributed by atoms with Crippen LogP contribution in [0.15, 0.2) is 35.3 Å². The summed E-state index contributed by atoms with van der Waals surface area (Å²) in [7, 11) is 2.07. The van der Waals surface area contributed by atoms with Crippen LogP contribution in [0.4, 0.5) is 0 Å². The van der Waals surface area contributed by atoms with E-state index in [2.05, 4.69) is 26.9 Å². The molecule has 5 rings (SSSR count). The van der Waals surface area contributed by atoms with Crippen molar-refractivity contribution >= 4 is 17.2 Å². The van der Waals surface area contributed by atoms with Crippen molar-refractivity contribution in [1.29, 1.82) is 0 Å². The first kappa shape index (κ1) is 19.9. The summed E-state index contributed by atoms with van der Waals surface area (Å²) in [5.74, 6) is 0.0649. The van der Waals surface area contributed by atoms with Crippen LogP contribution in [0, 0.1) is 0 Å². The number of H-pyrrole nitrogens is 1. The Labute approximate surface area is 180 Å². The molecule has 1 aromatic carbocycles. The van der Waals surface area contributed by atoms with Crippen molar-refractivity contribution in [2.24, 2.45) is 0 Å². The number of benzene rings is 1. The molecule has 2 fully saturated rings. The van der Waals surface area contributed by atoms with E-state index < -0.39 is 0 Å². The van der Waals surface area contributed by atoms with Gasteiger partial charge in [-0.3, -0.25) is 14.3 Å². The number of nitrogens with one attached hydrogen (secondary N) is 1. The van der Waals surface area contributed by atoms with Crippen LogP contribution < -0.4 is 5.69 Å². The smallest absolute Gasteiger partial charge is 0.329 e. The predicted octanol–water partition coefficient (Wildman–Crippen LogP) is 2.68. The first-order valence-electron chi connectivity index (χ1n) is 11.2. The molecule has 1 saturated heterocycles. The van der Waals surface area contributed by atoms with Crippen molar-refractivity contribution in [2.75, 3.05) is 33.2 Å². The first-order valence-corrected chi connectivity index (χ1v) is 11.2. The second-order valence-corrected chi connectivity index (χ2v) is 8.69. The lowest BCUT2D eigenvalue weighted by Crippen LogP contribution is -2.47. The highest BCUT2D eigenvalue weighted by Gasteiger charge is 2.22. The van der Waals surface area contributed by atoms with E-state index in [4.69, 9.17) is 0 Å². The molecule has 8 heteroatoms. The maximum atomic E-state index is 12.8. The number of fused-ring (bicyclic) bond motifs is 1. The molecule has 0 radical (unpaired) electrons. The second kappa shape index (κ2) is 8.26. The summed E-state index contributed by atoms with van der Waals surface area (Å²) in [5.41, 5.74) is 3.25. The molecular formula is C23H28N6O2. The van der Waals surface area contributed by atoms with Gasteiger partial charge >= 0.3 is 5.69 Å². The molecule has 31 heavy (non-hydrogen) atoms. The third-order valence-corrected chi connectivity index (χ3v) is 6.58. The van der Waals surface area contributed by atoms with Gasteiger partial charge in [-0.25, -0.2) is 14.8 Å². The average molecular weight is 421 g/mol. The van der Waals surface area contributed by atoms with Crippen molar-refractivity contribution in [2.45, 2.75) is 38.1 Å². The van der Waals surface area contributed by atoms with Gasteiger partial charge < -0.3 is 9.80 Å². The molecule has 2 aliphatic rings. The van der Waals surface area contributed by atoms with Gasteiger partial charge in [0.2, 0.25) is 0 Å². The maximum absolute atomic E-state index is 12.8. The van der Waals surface area contributed by atoms with Gasteiger partial charge in [-0.05, 0) is 32.0 Å². The highest BCUT2D eigenvalue weighted by molar-refractivity contribution is 5.94. The van der Waals surface area contributed by atoms with E-state index in [9.17, 15) is 9.59 Å². The van der Waals surface area contributed by atoms with Gasteiger partial charge in [0, 0.05) is 43.3 Å². The predicted molar refractivity (Wildman–Crippen MR) is 119 cm³/mol. The Balaban J connectivity index is 1.38. The number of carbonyl (C=O) groups excluding carboxylic acids is 1. The van der Waals surface area contributed by atoms with E-state index in [1.165, 1.54) is 6.42 Å². The first-order chi connectivity index (χ1) is 15.1. The lowest BCUT2D eigenvalue weighted by Gasteiger charge is -2.32. The Morgan fingerprint density at radius 2 is 1.74 bits per heavy atom. The fourth-order valence-electron chi connectivity index (χ4n) is 4.69. The highest BCUT2D eigenvalue weighted by Crippen LogP contribution is 2.29. The monoisotopic (exact) mass is 420 g/mol. The summed E-state index contributed by atoms with van der Waals surface area (Å²) in [4.78, 5) is 41.6. The zero-order chi connectivity index (χ0) is 21.4. The Hall–Kier alpha value is -3.00. The quantitative estimate of drug-likeness (QED) is 0.704. The normalized spacial score (nSPS) is 18.5. The lowest BCUT2D eigenvalue weighted by atomic mass is 9.95. The molecule has 0 bridgehead atoms. The number of aromatic amines is 1. The Morgan fingerprint density at radius 3 is 2.45 bits per heavy atom. The van der Waals surface area contributed by atoms with Gasteiger partial charge in [0.1, 0.15) is 0 Å². The fourth-order valence-corrected chi connectivity index (χ4v) is 4.69. The van der Waals surface area contributed by atoms with Crippen molar-refractivity contribution in [3.05, 3.63) is 46.5 Å². The van der Waals surface area contributed by atoms with Crippen molar-refractivity contribution < 1.29 is 4.79 Å². The van der Waals surface area contributed by atoms with Crippen LogP contribution in [-0.4, -0.2) is 68.5 Å². The van der Waals surface area contributed by atoms with Crippen LogP contribution in [0.2, 0.25) is 0 Å². The number of likely N-dealkylation sites (N-methyl/N-ethyl adjacent to an activating group) is 1. The SMILES string of the molecule is CN1CCN(C(=O)c2ccc(-c3cnc4c(n3)[nH]c(=O)n4C3CCCCC3)cc2)CC1. The molecule has 3 aromatic rings. The number of piperazine rings is 1. The molecule has 8 nitrogen and oxygen atoms in total. The number of nitrogens with zero attached hydrogens (tertiary/aromatic N) is 5. The molecule has 1 aliphatic heterocycles. The van der Waals surface area contributed by atoms with Crippen molar-refractivity contribution in [3.8, 4) is 11.3 Å². The standard InChI is InChI=1S/C23H28N6O2/c1-27-11-13-28(14-12-27)22(30)17-9-7-16(8-10-17)19-15-24-21-20(25-19)26-23(31)29(21)18-5-3-2-4-6-18/h7-10,15,18H,2-6,11-14H2,1H3,(H,25,26,31).